The van der Waals surface area contributed by atoms with Crippen molar-refractivity contribution < 1.29 is 8.42 Å². The van der Waals surface area contributed by atoms with E-state index in [0.717, 1.165) is 29.9 Å². The van der Waals surface area contributed by atoms with E-state index in [0.29, 0.717) is 4.90 Å². The Hall–Kier alpha value is -1.86. The lowest BCUT2D eigenvalue weighted by Crippen LogP contribution is -2.33. The van der Waals surface area contributed by atoms with Gasteiger partial charge in [-0.2, -0.15) is 0 Å². The Labute approximate surface area is 117 Å². The van der Waals surface area contributed by atoms with Crippen molar-refractivity contribution in [1.29, 1.82) is 0 Å². The molecule has 0 spiro atoms. The van der Waals surface area contributed by atoms with Crippen LogP contribution in [0.4, 0.5) is 5.69 Å². The van der Waals surface area contributed by atoms with Gasteiger partial charge in [-0.05, 0) is 24.1 Å². The minimum Gasteiger partial charge on any atom is -0.350 e. The molecule has 1 unspecified atom stereocenters. The highest BCUT2D eigenvalue weighted by atomic mass is 32.2. The first-order valence-corrected chi connectivity index (χ1v) is 8.19. The van der Waals surface area contributed by atoms with E-state index in [1.54, 1.807) is 24.7 Å². The summed E-state index contributed by atoms with van der Waals surface area (Å²) in [6.45, 7) is 0.767. The number of sulfone groups is 1. The van der Waals surface area contributed by atoms with Crippen LogP contribution in [0, 0.1) is 0 Å². The molecule has 0 saturated heterocycles. The summed E-state index contributed by atoms with van der Waals surface area (Å²) in [5.41, 5.74) is 9.03. The van der Waals surface area contributed by atoms with Crippen molar-refractivity contribution in [2.45, 2.75) is 17.5 Å². The number of hydrogen-bond acceptors (Lipinski definition) is 5. The van der Waals surface area contributed by atoms with Crippen molar-refractivity contribution in [3.05, 3.63) is 42.0 Å². The van der Waals surface area contributed by atoms with Crippen molar-refractivity contribution in [2.24, 2.45) is 5.73 Å². The lowest BCUT2D eigenvalue weighted by atomic mass is 10.2. The molecule has 1 aliphatic heterocycles. The maximum absolute atomic E-state index is 11.7. The lowest BCUT2D eigenvalue weighted by Gasteiger charge is -2.26. The van der Waals surface area contributed by atoms with Crippen molar-refractivity contribution in [3.8, 4) is 0 Å². The molecule has 0 fully saturated rings. The van der Waals surface area contributed by atoms with Crippen LogP contribution in [0.2, 0.25) is 0 Å². The van der Waals surface area contributed by atoms with Crippen molar-refractivity contribution in [2.75, 3.05) is 17.7 Å². The first kappa shape index (κ1) is 13.1. The van der Waals surface area contributed by atoms with Gasteiger partial charge in [0, 0.05) is 18.5 Å². The smallest absolute Gasteiger partial charge is 0.175 e. The van der Waals surface area contributed by atoms with Gasteiger partial charge in [-0.15, -0.1) is 0 Å². The van der Waals surface area contributed by atoms with Crippen molar-refractivity contribution in [1.82, 2.24) is 9.97 Å². The highest BCUT2D eigenvalue weighted by Crippen LogP contribution is 2.34. The Balaban J connectivity index is 2.00. The quantitative estimate of drug-likeness (QED) is 0.874. The van der Waals surface area contributed by atoms with E-state index in [-0.39, 0.29) is 6.17 Å². The fourth-order valence-electron chi connectivity index (χ4n) is 2.50. The molecule has 106 valence electrons. The van der Waals surface area contributed by atoms with Gasteiger partial charge in [0.15, 0.2) is 9.84 Å². The standard InChI is InChI=1S/C13H16N4O2S/c1-20(18,19)10-3-2-9-4-5-17(12(9)6-10)13(14)11-7-15-8-16-11/h2-3,6-8,13H,4-5,14H2,1H3,(H,15,16). The molecule has 1 aromatic heterocycles. The molecule has 2 heterocycles. The Morgan fingerprint density at radius 2 is 2.25 bits per heavy atom. The summed E-state index contributed by atoms with van der Waals surface area (Å²) in [4.78, 5) is 9.28. The van der Waals surface area contributed by atoms with Gasteiger partial charge in [0.1, 0.15) is 6.17 Å². The molecule has 3 rings (SSSR count). The predicted octanol–water partition coefficient (Wildman–Crippen LogP) is 0.833. The molecule has 20 heavy (non-hydrogen) atoms. The van der Waals surface area contributed by atoms with E-state index >= 15 is 0 Å². The fraction of sp³-hybridized carbons (Fsp3) is 0.308. The van der Waals surface area contributed by atoms with Crippen LogP contribution in [0.25, 0.3) is 0 Å². The van der Waals surface area contributed by atoms with Crippen molar-refractivity contribution in [3.63, 3.8) is 0 Å². The molecule has 1 aromatic carbocycles. The number of nitrogens with one attached hydrogen (secondary N) is 1. The maximum atomic E-state index is 11.7. The van der Waals surface area contributed by atoms with Crippen LogP contribution in [-0.2, 0) is 16.3 Å². The molecule has 0 radical (unpaired) electrons. The Morgan fingerprint density at radius 1 is 1.45 bits per heavy atom. The van der Waals surface area contributed by atoms with Gasteiger partial charge in [-0.1, -0.05) is 6.07 Å². The molecule has 6 nitrogen and oxygen atoms in total. The largest absolute Gasteiger partial charge is 0.350 e. The molecular formula is C13H16N4O2S. The number of imidazole rings is 1. The van der Waals surface area contributed by atoms with E-state index < -0.39 is 9.84 Å². The Kier molecular flexibility index (Phi) is 3.02. The number of aromatic amines is 1. The third kappa shape index (κ3) is 2.19. The van der Waals surface area contributed by atoms with E-state index in [1.807, 2.05) is 11.0 Å². The monoisotopic (exact) mass is 292 g/mol. The molecule has 1 atom stereocenters. The summed E-state index contributed by atoms with van der Waals surface area (Å²) in [7, 11) is -3.21. The molecule has 7 heteroatoms. The number of H-pyrrole nitrogens is 1. The van der Waals surface area contributed by atoms with Crippen LogP contribution in [0.3, 0.4) is 0 Å². The average Bonchev–Trinajstić information content (AvgIpc) is 3.06. The van der Waals surface area contributed by atoms with Gasteiger partial charge in [-0.3, -0.25) is 0 Å². The summed E-state index contributed by atoms with van der Waals surface area (Å²) < 4.78 is 23.3. The minimum absolute atomic E-state index is 0.319. The number of nitrogens with zero attached hydrogens (tertiary/aromatic N) is 2. The second-order valence-corrected chi connectivity index (χ2v) is 6.97. The summed E-state index contributed by atoms with van der Waals surface area (Å²) in [5.74, 6) is 0. The van der Waals surface area contributed by atoms with Gasteiger partial charge >= 0.3 is 0 Å². The van der Waals surface area contributed by atoms with E-state index in [2.05, 4.69) is 9.97 Å². The zero-order valence-corrected chi connectivity index (χ0v) is 11.9. The first-order valence-electron chi connectivity index (χ1n) is 6.30. The van der Waals surface area contributed by atoms with Gasteiger partial charge in [0.05, 0.1) is 23.1 Å². The molecule has 0 amide bonds. The SMILES string of the molecule is CS(=O)(=O)c1ccc2c(c1)N(C(N)c1cnc[nH]1)CC2. The highest BCUT2D eigenvalue weighted by Gasteiger charge is 2.26. The number of rotatable bonds is 3. The van der Waals surface area contributed by atoms with Crippen LogP contribution < -0.4 is 10.6 Å². The number of fused-ring (bicyclic) bond motifs is 1. The lowest BCUT2D eigenvalue weighted by molar-refractivity contribution is 0.601. The van der Waals surface area contributed by atoms with Gasteiger partial charge < -0.3 is 15.6 Å². The summed E-state index contributed by atoms with van der Waals surface area (Å²) in [6, 6.07) is 5.22. The normalized spacial score (nSPS) is 16.2. The predicted molar refractivity (Wildman–Crippen MR) is 76.1 cm³/mol. The third-order valence-corrected chi connectivity index (χ3v) is 4.70. The number of hydrogen-bond donors (Lipinski definition) is 2. The maximum Gasteiger partial charge on any atom is 0.175 e. The molecule has 0 bridgehead atoms. The number of anilines is 1. The van der Waals surface area contributed by atoms with Gasteiger partial charge in [0.25, 0.3) is 0 Å². The van der Waals surface area contributed by atoms with Gasteiger partial charge in [-0.25, -0.2) is 13.4 Å². The van der Waals surface area contributed by atoms with Crippen LogP contribution in [0.5, 0.6) is 0 Å². The van der Waals surface area contributed by atoms with E-state index in [1.165, 1.54) is 6.26 Å². The van der Waals surface area contributed by atoms with Crippen LogP contribution in [0.1, 0.15) is 17.4 Å². The molecule has 1 aliphatic rings. The van der Waals surface area contributed by atoms with Crippen molar-refractivity contribution >= 4 is 15.5 Å². The molecular weight excluding hydrogens is 276 g/mol. The molecule has 0 aliphatic carbocycles. The Bertz CT molecular complexity index is 725. The summed E-state index contributed by atoms with van der Waals surface area (Å²) in [6.07, 6.45) is 4.99. The molecule has 3 N–H and O–H groups in total. The summed E-state index contributed by atoms with van der Waals surface area (Å²) >= 11 is 0. The fourth-order valence-corrected chi connectivity index (χ4v) is 3.14. The number of benzene rings is 1. The number of aromatic nitrogens is 2. The average molecular weight is 292 g/mol. The van der Waals surface area contributed by atoms with Crippen LogP contribution >= 0.6 is 0 Å². The molecule has 2 aromatic rings. The second-order valence-electron chi connectivity index (χ2n) is 4.96. The van der Waals surface area contributed by atoms with Crippen LogP contribution in [-0.4, -0.2) is 31.2 Å². The highest BCUT2D eigenvalue weighted by molar-refractivity contribution is 7.90. The first-order chi connectivity index (χ1) is 9.47. The minimum atomic E-state index is -3.21. The van der Waals surface area contributed by atoms with E-state index in [9.17, 15) is 8.42 Å². The second kappa shape index (κ2) is 4.60. The number of nitrogens with two attached hydrogens (primary N) is 1. The third-order valence-electron chi connectivity index (χ3n) is 3.59. The zero-order valence-electron chi connectivity index (χ0n) is 11.1. The van der Waals surface area contributed by atoms with E-state index in [4.69, 9.17) is 5.73 Å². The summed E-state index contributed by atoms with van der Waals surface area (Å²) in [5, 5.41) is 0. The Morgan fingerprint density at radius 3 is 2.90 bits per heavy atom. The molecule has 0 saturated carbocycles. The van der Waals surface area contributed by atoms with Gasteiger partial charge in [0.2, 0.25) is 0 Å². The zero-order chi connectivity index (χ0) is 14.3. The topological polar surface area (TPSA) is 92.1 Å². The van der Waals surface area contributed by atoms with Crippen LogP contribution in [0.15, 0.2) is 35.6 Å².